The lowest BCUT2D eigenvalue weighted by Crippen LogP contribution is -2.33. The van der Waals surface area contributed by atoms with Gasteiger partial charge in [-0.05, 0) is 38.8 Å². The molecular weight excluding hydrogens is 200 g/mol. The van der Waals surface area contributed by atoms with Crippen LogP contribution in [0.5, 0.6) is 0 Å². The van der Waals surface area contributed by atoms with Crippen molar-refractivity contribution in [2.75, 3.05) is 0 Å². The number of rotatable bonds is 3. The Bertz CT molecular complexity index is 391. The second kappa shape index (κ2) is 4.71. The molecule has 0 amide bonds. The highest BCUT2D eigenvalue weighted by Gasteiger charge is 2.28. The highest BCUT2D eigenvalue weighted by molar-refractivity contribution is 5.10. The molecule has 1 aliphatic carbocycles. The van der Waals surface area contributed by atoms with Crippen LogP contribution in [0.25, 0.3) is 0 Å². The molecule has 1 aliphatic rings. The van der Waals surface area contributed by atoms with E-state index < -0.39 is 0 Å². The quantitative estimate of drug-likeness (QED) is 0.848. The Morgan fingerprint density at radius 1 is 1.50 bits per heavy atom. The third-order valence-corrected chi connectivity index (χ3v) is 3.33. The zero-order valence-electron chi connectivity index (χ0n) is 9.86. The molecule has 86 valence electrons. The number of nitriles is 1. The lowest BCUT2D eigenvalue weighted by Gasteiger charge is -2.20. The molecule has 1 aromatic heterocycles. The van der Waals surface area contributed by atoms with Crippen LogP contribution in [0.4, 0.5) is 0 Å². The predicted molar refractivity (Wildman–Crippen MR) is 61.7 cm³/mol. The minimum atomic E-state index is 0.165. The molecule has 3 atom stereocenters. The maximum absolute atomic E-state index is 9.01. The Morgan fingerprint density at radius 2 is 2.31 bits per heavy atom. The summed E-state index contributed by atoms with van der Waals surface area (Å²) in [5.74, 6) is 2.06. The third kappa shape index (κ3) is 2.28. The van der Waals surface area contributed by atoms with Gasteiger partial charge in [0.05, 0.1) is 18.0 Å². The SMILES string of the molecule is Cc1ccc(C(C)NC2CCCC2C#N)o1. The average molecular weight is 218 g/mol. The first-order chi connectivity index (χ1) is 7.70. The lowest BCUT2D eigenvalue weighted by molar-refractivity contribution is 0.361. The monoisotopic (exact) mass is 218 g/mol. The summed E-state index contributed by atoms with van der Waals surface area (Å²) in [7, 11) is 0. The smallest absolute Gasteiger partial charge is 0.120 e. The van der Waals surface area contributed by atoms with Gasteiger partial charge in [0.1, 0.15) is 11.5 Å². The fraction of sp³-hybridized carbons (Fsp3) is 0.615. The van der Waals surface area contributed by atoms with Crippen molar-refractivity contribution in [3.05, 3.63) is 23.7 Å². The molecule has 3 unspecified atom stereocenters. The number of hydrogen-bond donors (Lipinski definition) is 1. The number of hydrogen-bond acceptors (Lipinski definition) is 3. The molecule has 1 saturated carbocycles. The van der Waals surface area contributed by atoms with E-state index in [0.717, 1.165) is 30.8 Å². The molecule has 0 spiro atoms. The Morgan fingerprint density at radius 3 is 2.94 bits per heavy atom. The van der Waals surface area contributed by atoms with E-state index in [4.69, 9.17) is 9.68 Å². The first-order valence-corrected chi connectivity index (χ1v) is 5.92. The van der Waals surface area contributed by atoms with E-state index in [-0.39, 0.29) is 12.0 Å². The first-order valence-electron chi connectivity index (χ1n) is 5.92. The van der Waals surface area contributed by atoms with Gasteiger partial charge in [-0.15, -0.1) is 0 Å². The summed E-state index contributed by atoms with van der Waals surface area (Å²) in [6, 6.07) is 6.87. The van der Waals surface area contributed by atoms with Gasteiger partial charge in [0.25, 0.3) is 0 Å². The van der Waals surface area contributed by atoms with Crippen LogP contribution in [0.1, 0.15) is 43.7 Å². The highest BCUT2D eigenvalue weighted by atomic mass is 16.3. The lowest BCUT2D eigenvalue weighted by atomic mass is 10.0. The van der Waals surface area contributed by atoms with Crippen molar-refractivity contribution in [2.45, 2.75) is 45.2 Å². The van der Waals surface area contributed by atoms with Crippen molar-refractivity contribution in [1.82, 2.24) is 5.32 Å². The van der Waals surface area contributed by atoms with Gasteiger partial charge in [-0.25, -0.2) is 0 Å². The molecule has 16 heavy (non-hydrogen) atoms. The third-order valence-electron chi connectivity index (χ3n) is 3.33. The van der Waals surface area contributed by atoms with Gasteiger partial charge in [0.2, 0.25) is 0 Å². The number of nitrogens with zero attached hydrogens (tertiary/aromatic N) is 1. The summed E-state index contributed by atoms with van der Waals surface area (Å²) in [4.78, 5) is 0. The van der Waals surface area contributed by atoms with Gasteiger partial charge >= 0.3 is 0 Å². The van der Waals surface area contributed by atoms with E-state index in [1.807, 2.05) is 19.1 Å². The molecule has 0 aromatic carbocycles. The van der Waals surface area contributed by atoms with Gasteiger partial charge in [-0.3, -0.25) is 0 Å². The van der Waals surface area contributed by atoms with Crippen LogP contribution < -0.4 is 5.32 Å². The molecule has 1 heterocycles. The Balaban J connectivity index is 1.97. The molecule has 0 radical (unpaired) electrons. The Labute approximate surface area is 96.4 Å². The van der Waals surface area contributed by atoms with Gasteiger partial charge in [0.15, 0.2) is 0 Å². The minimum absolute atomic E-state index is 0.165. The summed E-state index contributed by atoms with van der Waals surface area (Å²) < 4.78 is 5.58. The zero-order valence-corrected chi connectivity index (χ0v) is 9.86. The number of furan rings is 1. The van der Waals surface area contributed by atoms with Crippen LogP contribution >= 0.6 is 0 Å². The molecule has 0 saturated heterocycles. The molecule has 0 bridgehead atoms. The fourth-order valence-corrected chi connectivity index (χ4v) is 2.40. The summed E-state index contributed by atoms with van der Waals surface area (Å²) >= 11 is 0. The summed E-state index contributed by atoms with van der Waals surface area (Å²) in [5.41, 5.74) is 0. The Kier molecular flexibility index (Phi) is 3.31. The standard InChI is InChI=1S/C13H18N2O/c1-9-6-7-13(16-9)10(2)15-12-5-3-4-11(12)8-14/h6-7,10-12,15H,3-5H2,1-2H3. The second-order valence-corrected chi connectivity index (χ2v) is 4.61. The van der Waals surface area contributed by atoms with Gasteiger partial charge in [-0.1, -0.05) is 6.42 Å². The van der Waals surface area contributed by atoms with Crippen molar-refractivity contribution in [3.8, 4) is 6.07 Å². The normalized spacial score (nSPS) is 26.6. The van der Waals surface area contributed by atoms with Crippen LogP contribution in [-0.2, 0) is 0 Å². The average Bonchev–Trinajstić information content (AvgIpc) is 2.86. The second-order valence-electron chi connectivity index (χ2n) is 4.61. The van der Waals surface area contributed by atoms with E-state index in [2.05, 4.69) is 18.3 Å². The summed E-state index contributed by atoms with van der Waals surface area (Å²) in [5, 5.41) is 12.5. The number of aryl methyl sites for hydroxylation is 1. The van der Waals surface area contributed by atoms with E-state index >= 15 is 0 Å². The van der Waals surface area contributed by atoms with E-state index in [1.54, 1.807) is 0 Å². The van der Waals surface area contributed by atoms with E-state index in [9.17, 15) is 0 Å². The highest BCUT2D eigenvalue weighted by Crippen LogP contribution is 2.27. The van der Waals surface area contributed by atoms with Crippen LogP contribution in [0.15, 0.2) is 16.5 Å². The first kappa shape index (κ1) is 11.2. The number of nitrogens with one attached hydrogen (secondary N) is 1. The maximum atomic E-state index is 9.01. The topological polar surface area (TPSA) is 49.0 Å². The molecule has 0 aliphatic heterocycles. The van der Waals surface area contributed by atoms with E-state index in [0.29, 0.717) is 6.04 Å². The molecule has 3 heteroatoms. The van der Waals surface area contributed by atoms with Crippen LogP contribution in [0.2, 0.25) is 0 Å². The maximum Gasteiger partial charge on any atom is 0.120 e. The summed E-state index contributed by atoms with van der Waals surface area (Å²) in [6.45, 7) is 4.04. The Hall–Kier alpha value is -1.27. The van der Waals surface area contributed by atoms with Gasteiger partial charge in [-0.2, -0.15) is 5.26 Å². The predicted octanol–water partition coefficient (Wildman–Crippen LogP) is 2.93. The van der Waals surface area contributed by atoms with Crippen molar-refractivity contribution < 1.29 is 4.42 Å². The molecule has 1 N–H and O–H groups in total. The molecular formula is C13H18N2O. The fourth-order valence-electron chi connectivity index (χ4n) is 2.40. The van der Waals surface area contributed by atoms with Crippen molar-refractivity contribution >= 4 is 0 Å². The minimum Gasteiger partial charge on any atom is -0.465 e. The molecule has 1 fully saturated rings. The van der Waals surface area contributed by atoms with Gasteiger partial charge < -0.3 is 9.73 Å². The molecule has 3 nitrogen and oxygen atoms in total. The van der Waals surface area contributed by atoms with Crippen LogP contribution in [0, 0.1) is 24.2 Å². The van der Waals surface area contributed by atoms with Gasteiger partial charge in [0, 0.05) is 6.04 Å². The largest absolute Gasteiger partial charge is 0.465 e. The molecule has 1 aromatic rings. The van der Waals surface area contributed by atoms with Crippen molar-refractivity contribution in [2.24, 2.45) is 5.92 Å². The van der Waals surface area contributed by atoms with E-state index in [1.165, 1.54) is 0 Å². The van der Waals surface area contributed by atoms with Crippen LogP contribution in [-0.4, -0.2) is 6.04 Å². The van der Waals surface area contributed by atoms with Crippen molar-refractivity contribution in [3.63, 3.8) is 0 Å². The van der Waals surface area contributed by atoms with Crippen LogP contribution in [0.3, 0.4) is 0 Å². The summed E-state index contributed by atoms with van der Waals surface area (Å²) in [6.07, 6.45) is 3.28. The zero-order chi connectivity index (χ0) is 11.5. The van der Waals surface area contributed by atoms with Crippen molar-refractivity contribution in [1.29, 1.82) is 5.26 Å². The molecule has 2 rings (SSSR count).